The Labute approximate surface area is 147 Å². The van der Waals surface area contributed by atoms with E-state index in [0.29, 0.717) is 17.3 Å². The first-order valence-electron chi connectivity index (χ1n) is 7.50. The molecule has 2 heterocycles. The zero-order chi connectivity index (χ0) is 18.5. The number of hydrogen-bond acceptors (Lipinski definition) is 5. The van der Waals surface area contributed by atoms with Crippen LogP contribution in [0.4, 0.5) is 14.5 Å². The number of ether oxygens (including phenoxy) is 1. The summed E-state index contributed by atoms with van der Waals surface area (Å²) in [5.74, 6) is -2.31. The van der Waals surface area contributed by atoms with Gasteiger partial charge in [-0.1, -0.05) is 0 Å². The second kappa shape index (κ2) is 7.66. The maximum atomic E-state index is 13.7. The number of carbonyl (C=O) groups excluding carboxylic acids is 1. The molecule has 2 N–H and O–H groups in total. The number of benzene rings is 1. The van der Waals surface area contributed by atoms with Gasteiger partial charge < -0.3 is 15.2 Å². The average molecular weight is 357 g/mol. The summed E-state index contributed by atoms with van der Waals surface area (Å²) >= 11 is 0. The van der Waals surface area contributed by atoms with Crippen LogP contribution in [0.25, 0.3) is 0 Å². The smallest absolute Gasteiger partial charge is 0.255 e. The fourth-order valence-corrected chi connectivity index (χ4v) is 2.12. The quantitative estimate of drug-likeness (QED) is 0.732. The monoisotopic (exact) mass is 357 g/mol. The third kappa shape index (κ3) is 4.17. The van der Waals surface area contributed by atoms with Crippen LogP contribution in [0, 0.1) is 11.6 Å². The minimum absolute atomic E-state index is 0.0228. The standard InChI is InChI=1S/C18H13F2N3O3/c19-13-1-2-16(15(20)7-13)26-17-6-12(3-4-22-17)18(25)23-14-5-11(10-24)8-21-9-14/h1-9,24H,10H2,(H,23,25). The average Bonchev–Trinajstić information content (AvgIpc) is 2.64. The van der Waals surface area contributed by atoms with Crippen molar-refractivity contribution in [1.82, 2.24) is 9.97 Å². The number of aliphatic hydroxyl groups is 1. The van der Waals surface area contributed by atoms with Gasteiger partial charge >= 0.3 is 0 Å². The highest BCUT2D eigenvalue weighted by molar-refractivity contribution is 6.04. The number of carbonyl (C=O) groups is 1. The molecule has 1 amide bonds. The molecule has 0 bridgehead atoms. The molecular formula is C18H13F2N3O3. The van der Waals surface area contributed by atoms with Gasteiger partial charge in [-0.25, -0.2) is 13.8 Å². The topological polar surface area (TPSA) is 84.3 Å². The first kappa shape index (κ1) is 17.4. The van der Waals surface area contributed by atoms with E-state index in [-0.39, 0.29) is 23.8 Å². The number of anilines is 1. The molecule has 0 aliphatic rings. The molecule has 6 nitrogen and oxygen atoms in total. The molecule has 8 heteroatoms. The lowest BCUT2D eigenvalue weighted by atomic mass is 10.2. The van der Waals surface area contributed by atoms with Crippen LogP contribution in [0.2, 0.25) is 0 Å². The highest BCUT2D eigenvalue weighted by atomic mass is 19.1. The van der Waals surface area contributed by atoms with Gasteiger partial charge in [0, 0.05) is 30.1 Å². The highest BCUT2D eigenvalue weighted by Gasteiger charge is 2.11. The Kier molecular flexibility index (Phi) is 5.14. The van der Waals surface area contributed by atoms with Crippen molar-refractivity contribution in [2.24, 2.45) is 0 Å². The number of aromatic nitrogens is 2. The molecule has 0 spiro atoms. The summed E-state index contributed by atoms with van der Waals surface area (Å²) in [4.78, 5) is 20.1. The summed E-state index contributed by atoms with van der Waals surface area (Å²) in [6.07, 6.45) is 4.24. The van der Waals surface area contributed by atoms with Gasteiger partial charge in [0.15, 0.2) is 11.6 Å². The van der Waals surface area contributed by atoms with Crippen LogP contribution in [0.3, 0.4) is 0 Å². The SMILES string of the molecule is O=C(Nc1cncc(CO)c1)c1ccnc(Oc2ccc(F)cc2F)c1. The third-order valence-corrected chi connectivity index (χ3v) is 3.34. The Morgan fingerprint density at radius 3 is 2.77 bits per heavy atom. The molecule has 0 aliphatic heterocycles. The molecule has 0 atom stereocenters. The van der Waals surface area contributed by atoms with Gasteiger partial charge in [0.05, 0.1) is 18.5 Å². The van der Waals surface area contributed by atoms with E-state index in [1.807, 2.05) is 0 Å². The second-order valence-corrected chi connectivity index (χ2v) is 5.25. The summed E-state index contributed by atoms with van der Waals surface area (Å²) in [6.45, 7) is -0.201. The predicted molar refractivity (Wildman–Crippen MR) is 88.8 cm³/mol. The van der Waals surface area contributed by atoms with Gasteiger partial charge in [-0.3, -0.25) is 9.78 Å². The number of rotatable bonds is 5. The molecule has 1 aromatic carbocycles. The van der Waals surface area contributed by atoms with Crippen molar-refractivity contribution in [1.29, 1.82) is 0 Å². The van der Waals surface area contributed by atoms with E-state index in [0.717, 1.165) is 12.1 Å². The molecule has 0 radical (unpaired) electrons. The number of amides is 1. The van der Waals surface area contributed by atoms with E-state index < -0.39 is 17.5 Å². The highest BCUT2D eigenvalue weighted by Crippen LogP contribution is 2.24. The summed E-state index contributed by atoms with van der Waals surface area (Å²) < 4.78 is 31.9. The number of nitrogens with one attached hydrogen (secondary N) is 1. The lowest BCUT2D eigenvalue weighted by molar-refractivity contribution is 0.102. The zero-order valence-electron chi connectivity index (χ0n) is 13.3. The fraction of sp³-hybridized carbons (Fsp3) is 0.0556. The lowest BCUT2D eigenvalue weighted by Gasteiger charge is -2.08. The number of hydrogen-bond donors (Lipinski definition) is 2. The number of pyridine rings is 2. The molecule has 26 heavy (non-hydrogen) atoms. The number of aliphatic hydroxyl groups excluding tert-OH is 1. The number of halogens is 2. The van der Waals surface area contributed by atoms with Crippen molar-refractivity contribution in [3.05, 3.63) is 77.8 Å². The number of nitrogens with zero attached hydrogens (tertiary/aromatic N) is 2. The molecule has 2 aromatic heterocycles. The maximum Gasteiger partial charge on any atom is 0.255 e. The lowest BCUT2D eigenvalue weighted by Crippen LogP contribution is -2.12. The summed E-state index contributed by atoms with van der Waals surface area (Å²) in [5, 5.41) is 11.7. The molecule has 0 saturated carbocycles. The maximum absolute atomic E-state index is 13.7. The Bertz CT molecular complexity index is 950. The van der Waals surface area contributed by atoms with E-state index in [9.17, 15) is 13.6 Å². The largest absolute Gasteiger partial charge is 0.436 e. The van der Waals surface area contributed by atoms with Crippen molar-refractivity contribution >= 4 is 11.6 Å². The van der Waals surface area contributed by atoms with Crippen LogP contribution in [0.15, 0.2) is 55.0 Å². The first-order chi connectivity index (χ1) is 12.5. The van der Waals surface area contributed by atoms with Gasteiger partial charge in [0.1, 0.15) is 5.82 Å². The minimum atomic E-state index is -0.881. The van der Waals surface area contributed by atoms with Crippen LogP contribution < -0.4 is 10.1 Å². The first-order valence-corrected chi connectivity index (χ1v) is 7.50. The molecule has 0 saturated heterocycles. The zero-order valence-corrected chi connectivity index (χ0v) is 13.3. The van der Waals surface area contributed by atoms with Crippen LogP contribution in [0.1, 0.15) is 15.9 Å². The molecule has 0 fully saturated rings. The van der Waals surface area contributed by atoms with Gasteiger partial charge in [-0.05, 0) is 29.8 Å². The van der Waals surface area contributed by atoms with Crippen molar-refractivity contribution in [2.75, 3.05) is 5.32 Å². The van der Waals surface area contributed by atoms with E-state index >= 15 is 0 Å². The Balaban J connectivity index is 1.76. The van der Waals surface area contributed by atoms with Crippen LogP contribution >= 0.6 is 0 Å². The summed E-state index contributed by atoms with van der Waals surface area (Å²) in [6, 6.07) is 7.22. The van der Waals surface area contributed by atoms with Crippen molar-refractivity contribution in [3.8, 4) is 11.6 Å². The van der Waals surface area contributed by atoms with E-state index in [1.54, 1.807) is 6.07 Å². The van der Waals surface area contributed by atoms with Crippen molar-refractivity contribution in [2.45, 2.75) is 6.61 Å². The normalized spacial score (nSPS) is 10.4. The fourth-order valence-electron chi connectivity index (χ4n) is 2.12. The van der Waals surface area contributed by atoms with E-state index in [2.05, 4.69) is 15.3 Å². The molecule has 0 aliphatic carbocycles. The van der Waals surface area contributed by atoms with Crippen LogP contribution in [0.5, 0.6) is 11.6 Å². The third-order valence-electron chi connectivity index (χ3n) is 3.34. The molecular weight excluding hydrogens is 344 g/mol. The van der Waals surface area contributed by atoms with Gasteiger partial charge in [0.25, 0.3) is 5.91 Å². The molecule has 0 unspecified atom stereocenters. The summed E-state index contributed by atoms with van der Waals surface area (Å²) in [7, 11) is 0. The Morgan fingerprint density at radius 1 is 1.15 bits per heavy atom. The molecule has 132 valence electrons. The van der Waals surface area contributed by atoms with Crippen LogP contribution in [-0.2, 0) is 6.61 Å². The predicted octanol–water partition coefficient (Wildman–Crippen LogP) is 3.29. The Morgan fingerprint density at radius 2 is 2.00 bits per heavy atom. The van der Waals surface area contributed by atoms with E-state index in [1.165, 1.54) is 30.7 Å². The summed E-state index contributed by atoms with van der Waals surface area (Å²) in [5.41, 5.74) is 1.17. The van der Waals surface area contributed by atoms with Crippen molar-refractivity contribution < 1.29 is 23.4 Å². The molecule has 3 rings (SSSR count). The van der Waals surface area contributed by atoms with Crippen molar-refractivity contribution in [3.63, 3.8) is 0 Å². The van der Waals surface area contributed by atoms with Gasteiger partial charge in [0.2, 0.25) is 5.88 Å². The van der Waals surface area contributed by atoms with E-state index in [4.69, 9.17) is 9.84 Å². The minimum Gasteiger partial charge on any atom is -0.436 e. The second-order valence-electron chi connectivity index (χ2n) is 5.25. The van der Waals surface area contributed by atoms with Gasteiger partial charge in [-0.15, -0.1) is 0 Å². The molecule has 3 aromatic rings. The van der Waals surface area contributed by atoms with Crippen LogP contribution in [-0.4, -0.2) is 21.0 Å². The Hall–Kier alpha value is -3.39. The van der Waals surface area contributed by atoms with Gasteiger partial charge in [-0.2, -0.15) is 0 Å².